The number of hydrogen-bond acceptors (Lipinski definition) is 3. The van der Waals surface area contributed by atoms with Crippen molar-refractivity contribution < 1.29 is 8.42 Å². The fourth-order valence-corrected chi connectivity index (χ4v) is 3.39. The minimum Gasteiger partial charge on any atom is -0.356 e. The topological polar surface area (TPSA) is 82.6 Å². The van der Waals surface area contributed by atoms with Crippen LogP contribution in [0.15, 0.2) is 53.5 Å². The van der Waals surface area contributed by atoms with E-state index in [0.717, 1.165) is 29.1 Å². The van der Waals surface area contributed by atoms with Gasteiger partial charge in [-0.05, 0) is 42.3 Å². The third-order valence-electron chi connectivity index (χ3n) is 3.96. The summed E-state index contributed by atoms with van der Waals surface area (Å²) in [5, 5.41) is 7.23. The molecule has 0 aromatic heterocycles. The van der Waals surface area contributed by atoms with Gasteiger partial charge in [0.25, 0.3) is 0 Å². The third kappa shape index (κ3) is 8.76. The molecule has 0 aliphatic rings. The molecule has 0 unspecified atom stereocenters. The van der Waals surface area contributed by atoms with Crippen molar-refractivity contribution in [1.82, 2.24) is 15.4 Å². The first-order chi connectivity index (χ1) is 12.9. The summed E-state index contributed by atoms with van der Waals surface area (Å²) < 4.78 is 25.7. The van der Waals surface area contributed by atoms with Crippen LogP contribution in [0.4, 0.5) is 0 Å². The van der Waals surface area contributed by atoms with Crippen LogP contribution >= 0.6 is 35.6 Å². The molecule has 0 saturated heterocycles. The Bertz CT molecular complexity index is 874. The molecule has 6 nitrogen and oxygen atoms in total. The number of rotatable bonds is 8. The SMILES string of the molecule is CN=C(NCCc1ccc(Cl)cc1)NCc1cccc(CS(=O)(=O)NC)c1.I. The van der Waals surface area contributed by atoms with Gasteiger partial charge in [0.05, 0.1) is 5.75 Å². The van der Waals surface area contributed by atoms with Crippen LogP contribution in [0.2, 0.25) is 5.02 Å². The van der Waals surface area contributed by atoms with E-state index < -0.39 is 10.0 Å². The van der Waals surface area contributed by atoms with Crippen LogP contribution in [0.3, 0.4) is 0 Å². The summed E-state index contributed by atoms with van der Waals surface area (Å²) in [6, 6.07) is 15.3. The zero-order valence-corrected chi connectivity index (χ0v) is 19.8. The zero-order chi connectivity index (χ0) is 19.7. The average molecular weight is 537 g/mol. The maximum atomic E-state index is 11.7. The van der Waals surface area contributed by atoms with E-state index in [2.05, 4.69) is 20.3 Å². The molecule has 28 heavy (non-hydrogen) atoms. The molecule has 2 aromatic carbocycles. The standard InChI is InChI=1S/C19H25ClN4O2S.HI/c1-21-19(23-11-10-15-6-8-18(20)9-7-15)24-13-16-4-3-5-17(12-16)14-27(25,26)22-2;/h3-9,12,22H,10-11,13-14H2,1-2H3,(H2,21,23,24);1H. The molecule has 0 spiro atoms. The van der Waals surface area contributed by atoms with Crippen molar-refractivity contribution in [3.05, 3.63) is 70.2 Å². The maximum absolute atomic E-state index is 11.7. The molecule has 0 saturated carbocycles. The normalized spacial score (nSPS) is 11.6. The lowest BCUT2D eigenvalue weighted by Crippen LogP contribution is -2.37. The van der Waals surface area contributed by atoms with Crippen molar-refractivity contribution in [1.29, 1.82) is 0 Å². The molecule has 0 atom stereocenters. The number of benzene rings is 2. The van der Waals surface area contributed by atoms with Crippen LogP contribution in [0, 0.1) is 0 Å². The number of aliphatic imine (C=N–C) groups is 1. The van der Waals surface area contributed by atoms with Crippen LogP contribution in [-0.2, 0) is 28.7 Å². The van der Waals surface area contributed by atoms with Crippen LogP contribution in [0.5, 0.6) is 0 Å². The molecule has 2 rings (SSSR count). The van der Waals surface area contributed by atoms with E-state index in [4.69, 9.17) is 11.6 Å². The fraction of sp³-hybridized carbons (Fsp3) is 0.316. The van der Waals surface area contributed by atoms with E-state index in [9.17, 15) is 8.42 Å². The minimum absolute atomic E-state index is 0. The van der Waals surface area contributed by atoms with Gasteiger partial charge in [0.2, 0.25) is 10.0 Å². The van der Waals surface area contributed by atoms with Gasteiger partial charge in [-0.3, -0.25) is 4.99 Å². The van der Waals surface area contributed by atoms with Gasteiger partial charge in [-0.25, -0.2) is 13.1 Å². The Morgan fingerprint density at radius 2 is 1.71 bits per heavy atom. The highest BCUT2D eigenvalue weighted by Gasteiger charge is 2.09. The monoisotopic (exact) mass is 536 g/mol. The lowest BCUT2D eigenvalue weighted by atomic mass is 10.1. The van der Waals surface area contributed by atoms with Gasteiger partial charge in [-0.1, -0.05) is 48.0 Å². The van der Waals surface area contributed by atoms with Crippen molar-refractivity contribution in [2.75, 3.05) is 20.6 Å². The van der Waals surface area contributed by atoms with Gasteiger partial charge in [-0.2, -0.15) is 0 Å². The Morgan fingerprint density at radius 3 is 2.36 bits per heavy atom. The van der Waals surface area contributed by atoms with Gasteiger partial charge < -0.3 is 10.6 Å². The highest BCUT2D eigenvalue weighted by atomic mass is 127. The maximum Gasteiger partial charge on any atom is 0.215 e. The van der Waals surface area contributed by atoms with E-state index >= 15 is 0 Å². The summed E-state index contributed by atoms with van der Waals surface area (Å²) in [6.45, 7) is 1.29. The highest BCUT2D eigenvalue weighted by molar-refractivity contribution is 14.0. The van der Waals surface area contributed by atoms with E-state index in [-0.39, 0.29) is 29.7 Å². The smallest absolute Gasteiger partial charge is 0.215 e. The fourth-order valence-electron chi connectivity index (χ4n) is 2.50. The second kappa shape index (κ2) is 12.3. The van der Waals surface area contributed by atoms with Crippen LogP contribution < -0.4 is 15.4 Å². The summed E-state index contributed by atoms with van der Waals surface area (Å²) in [6.07, 6.45) is 0.856. The highest BCUT2D eigenvalue weighted by Crippen LogP contribution is 2.10. The second-order valence-corrected chi connectivity index (χ2v) is 8.38. The molecule has 3 N–H and O–H groups in total. The Morgan fingerprint density at radius 1 is 1.04 bits per heavy atom. The van der Waals surface area contributed by atoms with Crippen LogP contribution in [0.25, 0.3) is 0 Å². The Hall–Kier alpha value is -1.36. The largest absolute Gasteiger partial charge is 0.356 e. The summed E-state index contributed by atoms with van der Waals surface area (Å²) in [4.78, 5) is 4.21. The molecular weight excluding hydrogens is 511 g/mol. The molecular formula is C19H26ClIN4O2S. The molecule has 2 aromatic rings. The van der Waals surface area contributed by atoms with Gasteiger partial charge in [0.1, 0.15) is 0 Å². The summed E-state index contributed by atoms with van der Waals surface area (Å²) >= 11 is 5.89. The Balaban J connectivity index is 0.00000392. The number of nitrogens with one attached hydrogen (secondary N) is 3. The first-order valence-corrected chi connectivity index (χ1v) is 10.6. The van der Waals surface area contributed by atoms with Crippen molar-refractivity contribution in [2.24, 2.45) is 4.99 Å². The predicted octanol–water partition coefficient (Wildman–Crippen LogP) is 2.91. The van der Waals surface area contributed by atoms with Gasteiger partial charge in [0.15, 0.2) is 5.96 Å². The lowest BCUT2D eigenvalue weighted by Gasteiger charge is -2.13. The molecule has 0 aliphatic carbocycles. The van der Waals surface area contributed by atoms with Crippen LogP contribution in [0.1, 0.15) is 16.7 Å². The lowest BCUT2D eigenvalue weighted by molar-refractivity contribution is 0.587. The van der Waals surface area contributed by atoms with Crippen LogP contribution in [-0.4, -0.2) is 35.0 Å². The van der Waals surface area contributed by atoms with Gasteiger partial charge in [-0.15, -0.1) is 24.0 Å². The molecule has 0 amide bonds. The summed E-state index contributed by atoms with van der Waals surface area (Å²) in [7, 11) is -0.148. The number of guanidine groups is 1. The molecule has 0 radical (unpaired) electrons. The van der Waals surface area contributed by atoms with Crippen molar-refractivity contribution in [3.63, 3.8) is 0 Å². The van der Waals surface area contributed by atoms with E-state index in [0.29, 0.717) is 12.5 Å². The van der Waals surface area contributed by atoms with E-state index in [1.807, 2.05) is 42.5 Å². The first kappa shape index (κ1) is 24.7. The summed E-state index contributed by atoms with van der Waals surface area (Å²) in [5.74, 6) is 0.656. The second-order valence-electron chi connectivity index (χ2n) is 6.01. The van der Waals surface area contributed by atoms with Crippen molar-refractivity contribution >= 4 is 51.6 Å². The molecule has 154 valence electrons. The zero-order valence-electron chi connectivity index (χ0n) is 15.9. The Kier molecular flexibility index (Phi) is 10.8. The molecule has 0 aliphatic heterocycles. The predicted molar refractivity (Wildman–Crippen MR) is 127 cm³/mol. The third-order valence-corrected chi connectivity index (χ3v) is 5.55. The quantitative estimate of drug-likeness (QED) is 0.275. The number of sulfonamides is 1. The minimum atomic E-state index is -3.28. The Labute approximate surface area is 189 Å². The van der Waals surface area contributed by atoms with Crippen molar-refractivity contribution in [2.45, 2.75) is 18.7 Å². The van der Waals surface area contributed by atoms with Gasteiger partial charge in [0, 0.05) is 25.2 Å². The molecule has 0 heterocycles. The molecule has 9 heteroatoms. The average Bonchev–Trinajstić information content (AvgIpc) is 2.66. The van der Waals surface area contributed by atoms with E-state index in [1.54, 1.807) is 13.1 Å². The van der Waals surface area contributed by atoms with Gasteiger partial charge >= 0.3 is 0 Å². The number of nitrogens with zero attached hydrogens (tertiary/aromatic N) is 1. The summed E-state index contributed by atoms with van der Waals surface area (Å²) in [5.41, 5.74) is 2.93. The number of hydrogen-bond donors (Lipinski definition) is 3. The van der Waals surface area contributed by atoms with Crippen molar-refractivity contribution in [3.8, 4) is 0 Å². The molecule has 0 fully saturated rings. The first-order valence-electron chi connectivity index (χ1n) is 8.60. The number of halogens is 2. The molecule has 0 bridgehead atoms. The van der Waals surface area contributed by atoms with E-state index in [1.165, 1.54) is 12.6 Å².